The van der Waals surface area contributed by atoms with Gasteiger partial charge in [0, 0.05) is 23.2 Å². The van der Waals surface area contributed by atoms with Gasteiger partial charge in [-0.15, -0.1) is 0 Å². The van der Waals surface area contributed by atoms with Crippen molar-refractivity contribution in [3.05, 3.63) is 71.4 Å². The third kappa shape index (κ3) is 4.36. The van der Waals surface area contributed by atoms with Gasteiger partial charge in [0.1, 0.15) is 29.5 Å². The third-order valence-corrected chi connectivity index (χ3v) is 6.79. The van der Waals surface area contributed by atoms with Gasteiger partial charge in [0.15, 0.2) is 0 Å². The second-order valence-corrected chi connectivity index (χ2v) is 8.94. The lowest BCUT2D eigenvalue weighted by Crippen LogP contribution is -2.36. The number of carbonyl (C=O) groups excluding carboxylic acids is 1. The number of benzene rings is 2. The molecule has 3 aromatic rings. The van der Waals surface area contributed by atoms with E-state index in [0.29, 0.717) is 23.4 Å². The molecule has 0 N–H and O–H groups in total. The van der Waals surface area contributed by atoms with Gasteiger partial charge in [-0.3, -0.25) is 13.4 Å². The Balaban J connectivity index is 1.64. The van der Waals surface area contributed by atoms with E-state index >= 15 is 0 Å². The summed E-state index contributed by atoms with van der Waals surface area (Å²) < 4.78 is 56.4. The Kier molecular flexibility index (Phi) is 6.42. The van der Waals surface area contributed by atoms with E-state index in [4.69, 9.17) is 13.9 Å². The maximum atomic E-state index is 14.2. The maximum Gasteiger partial charge on any atom is 0.343 e. The van der Waals surface area contributed by atoms with Crippen LogP contribution in [0.1, 0.15) is 28.1 Å². The minimum Gasteiger partial charge on any atom is -0.755 e. The Labute approximate surface area is 204 Å². The van der Waals surface area contributed by atoms with Crippen LogP contribution in [0, 0.1) is 5.82 Å². The Bertz CT molecular complexity index is 1330. The van der Waals surface area contributed by atoms with Crippen molar-refractivity contribution in [3.63, 3.8) is 0 Å². The molecule has 3 heterocycles. The molecule has 0 saturated carbocycles. The van der Waals surface area contributed by atoms with Crippen molar-refractivity contribution in [2.24, 2.45) is 0 Å². The number of esters is 1. The Hall–Kier alpha value is -3.47. The SMILES string of the molecule is COC(=O)c1c(N(c2ccc(F)cc2C=CCN2CCC2)S(=O)[O-])ccc2c1OCc1occc1-2. The van der Waals surface area contributed by atoms with Crippen LogP contribution in [0.4, 0.5) is 15.8 Å². The third-order valence-electron chi connectivity index (χ3n) is 6.09. The van der Waals surface area contributed by atoms with Gasteiger partial charge in [-0.1, -0.05) is 12.2 Å². The molecule has 0 radical (unpaired) electrons. The van der Waals surface area contributed by atoms with Crippen LogP contribution in [-0.2, 0) is 22.6 Å². The van der Waals surface area contributed by atoms with Crippen molar-refractivity contribution in [3.8, 4) is 16.9 Å². The number of hydrogen-bond acceptors (Lipinski definition) is 7. The number of methoxy groups -OCH3 is 1. The first-order valence-corrected chi connectivity index (χ1v) is 12.0. The van der Waals surface area contributed by atoms with Crippen molar-refractivity contribution in [2.45, 2.75) is 13.0 Å². The molecular formula is C25H22FN2O6S-. The van der Waals surface area contributed by atoms with Crippen molar-refractivity contribution >= 4 is 34.7 Å². The molecule has 0 bridgehead atoms. The van der Waals surface area contributed by atoms with Gasteiger partial charge in [-0.2, -0.15) is 0 Å². The Morgan fingerprint density at radius 3 is 2.74 bits per heavy atom. The van der Waals surface area contributed by atoms with Crippen LogP contribution < -0.4 is 9.04 Å². The van der Waals surface area contributed by atoms with E-state index in [2.05, 4.69) is 4.90 Å². The van der Waals surface area contributed by atoms with Crippen LogP contribution in [0.15, 0.2) is 53.2 Å². The van der Waals surface area contributed by atoms with Crippen LogP contribution in [0.3, 0.4) is 0 Å². The number of rotatable bonds is 7. The van der Waals surface area contributed by atoms with Gasteiger partial charge >= 0.3 is 5.97 Å². The van der Waals surface area contributed by atoms with Crippen molar-refractivity contribution in [2.75, 3.05) is 31.0 Å². The highest BCUT2D eigenvalue weighted by Gasteiger charge is 2.31. The van der Waals surface area contributed by atoms with Crippen molar-refractivity contribution in [1.82, 2.24) is 4.90 Å². The lowest BCUT2D eigenvalue weighted by molar-refractivity contribution is 0.0596. The summed E-state index contributed by atoms with van der Waals surface area (Å²) in [5, 5.41) is 0. The predicted octanol–water partition coefficient (Wildman–Crippen LogP) is 4.42. The zero-order valence-corrected chi connectivity index (χ0v) is 19.7. The summed E-state index contributed by atoms with van der Waals surface area (Å²) in [4.78, 5) is 15.1. The van der Waals surface area contributed by atoms with E-state index < -0.39 is 23.1 Å². The minimum atomic E-state index is -2.86. The molecule has 1 saturated heterocycles. The molecule has 0 aliphatic carbocycles. The number of ether oxygens (including phenoxy) is 2. The van der Waals surface area contributed by atoms with Crippen LogP contribution in [0.2, 0.25) is 0 Å². The molecule has 2 aliphatic rings. The fraction of sp³-hybridized carbons (Fsp3) is 0.240. The normalized spacial score (nSPS) is 15.6. The molecule has 8 nitrogen and oxygen atoms in total. The second-order valence-electron chi connectivity index (χ2n) is 8.15. The smallest absolute Gasteiger partial charge is 0.343 e. The molecule has 35 heavy (non-hydrogen) atoms. The highest BCUT2D eigenvalue weighted by atomic mass is 32.2. The molecule has 182 valence electrons. The molecule has 10 heteroatoms. The first-order chi connectivity index (χ1) is 17.0. The summed E-state index contributed by atoms with van der Waals surface area (Å²) in [5.41, 5.74) is 1.83. The summed E-state index contributed by atoms with van der Waals surface area (Å²) >= 11 is -2.86. The van der Waals surface area contributed by atoms with E-state index in [1.54, 1.807) is 18.2 Å². The van der Waals surface area contributed by atoms with E-state index in [0.717, 1.165) is 29.4 Å². The standard InChI is InChI=1S/C25H23FN2O6S/c1-32-25(29)23-21(8-6-19-18-9-13-33-22(18)15-34-24(19)23)28(35(30)31)20-7-5-17(26)14-16(20)4-2-10-27-11-3-12-27/h2,4-9,13-14H,3,10-12,15H2,1H3,(H,30,31)/p-1. The molecule has 0 amide bonds. The highest BCUT2D eigenvalue weighted by Crippen LogP contribution is 2.46. The Morgan fingerprint density at radius 1 is 1.23 bits per heavy atom. The van der Waals surface area contributed by atoms with E-state index in [1.165, 1.54) is 37.6 Å². The molecule has 0 spiro atoms. The van der Waals surface area contributed by atoms with Crippen LogP contribution in [-0.4, -0.2) is 46.4 Å². The average molecular weight is 498 g/mol. The highest BCUT2D eigenvalue weighted by molar-refractivity contribution is 7.81. The lowest BCUT2D eigenvalue weighted by atomic mass is 9.98. The predicted molar refractivity (Wildman–Crippen MR) is 127 cm³/mol. The summed E-state index contributed by atoms with van der Waals surface area (Å²) in [6.07, 6.45) is 6.20. The number of anilines is 2. The minimum absolute atomic E-state index is 0.0277. The van der Waals surface area contributed by atoms with Gasteiger partial charge in [0.2, 0.25) is 0 Å². The molecule has 2 aliphatic heterocycles. The van der Waals surface area contributed by atoms with Crippen LogP contribution in [0.5, 0.6) is 5.75 Å². The van der Waals surface area contributed by atoms with E-state index in [1.807, 2.05) is 6.08 Å². The molecule has 1 atom stereocenters. The van der Waals surface area contributed by atoms with Gasteiger partial charge in [0.05, 0.1) is 36.0 Å². The first-order valence-electron chi connectivity index (χ1n) is 11.0. The fourth-order valence-corrected chi connectivity index (χ4v) is 4.90. The van der Waals surface area contributed by atoms with E-state index in [-0.39, 0.29) is 29.3 Å². The molecule has 1 fully saturated rings. The number of hydrogen-bond donors (Lipinski definition) is 0. The molecule has 1 aromatic heterocycles. The van der Waals surface area contributed by atoms with Crippen molar-refractivity contribution < 1.29 is 31.8 Å². The maximum absolute atomic E-state index is 14.2. The van der Waals surface area contributed by atoms with Gasteiger partial charge < -0.3 is 18.4 Å². The van der Waals surface area contributed by atoms with E-state index in [9.17, 15) is 17.9 Å². The summed E-state index contributed by atoms with van der Waals surface area (Å²) in [5.74, 6) is -0.492. The lowest BCUT2D eigenvalue weighted by Gasteiger charge is -2.31. The van der Waals surface area contributed by atoms with Gasteiger partial charge in [0.25, 0.3) is 0 Å². The summed E-state index contributed by atoms with van der Waals surface area (Å²) in [6.45, 7) is 2.73. The van der Waals surface area contributed by atoms with Crippen LogP contribution in [0.25, 0.3) is 17.2 Å². The van der Waals surface area contributed by atoms with Gasteiger partial charge in [-0.05, 0) is 55.9 Å². The summed E-state index contributed by atoms with van der Waals surface area (Å²) in [7, 11) is 1.21. The molecule has 5 rings (SSSR count). The number of carbonyl (C=O) groups is 1. The monoisotopic (exact) mass is 497 g/mol. The largest absolute Gasteiger partial charge is 0.755 e. The molecule has 1 unspecified atom stereocenters. The molecular weight excluding hydrogens is 475 g/mol. The number of halogens is 1. The first kappa shape index (κ1) is 23.3. The zero-order valence-electron chi connectivity index (χ0n) is 18.9. The number of furan rings is 1. The number of nitrogens with zero attached hydrogens (tertiary/aromatic N) is 2. The Morgan fingerprint density at radius 2 is 2.03 bits per heavy atom. The quantitative estimate of drug-likeness (QED) is 0.352. The molecule has 2 aromatic carbocycles. The van der Waals surface area contributed by atoms with Gasteiger partial charge in [-0.25, -0.2) is 9.18 Å². The van der Waals surface area contributed by atoms with Crippen molar-refractivity contribution in [1.29, 1.82) is 0 Å². The number of likely N-dealkylation sites (tertiary alicyclic amines) is 1. The fourth-order valence-electron chi connectivity index (χ4n) is 4.26. The average Bonchev–Trinajstić information content (AvgIpc) is 3.30. The second kappa shape index (κ2) is 9.65. The summed E-state index contributed by atoms with van der Waals surface area (Å²) in [6, 6.07) is 8.71. The zero-order chi connectivity index (χ0) is 24.5. The number of fused-ring (bicyclic) bond motifs is 3. The topological polar surface area (TPSA) is 95.3 Å². The van der Waals surface area contributed by atoms with Crippen LogP contribution >= 0.6 is 0 Å².